The molecule has 2 heterocycles. The van der Waals surface area contributed by atoms with Gasteiger partial charge < -0.3 is 19.6 Å². The van der Waals surface area contributed by atoms with Crippen LogP contribution < -0.4 is 0 Å². The van der Waals surface area contributed by atoms with Crippen LogP contribution in [0.1, 0.15) is 33.1 Å². The van der Waals surface area contributed by atoms with Crippen LogP contribution in [0.25, 0.3) is 0 Å². The number of aliphatic carboxylic acids is 1. The summed E-state index contributed by atoms with van der Waals surface area (Å²) in [6.45, 7) is 5.02. The highest BCUT2D eigenvalue weighted by molar-refractivity contribution is 5.78. The number of ether oxygens (including phenoxy) is 1. The molecule has 2 aliphatic rings. The van der Waals surface area contributed by atoms with Gasteiger partial charge in [-0.3, -0.25) is 0 Å². The van der Waals surface area contributed by atoms with Crippen molar-refractivity contribution in [3.05, 3.63) is 0 Å². The van der Waals surface area contributed by atoms with Gasteiger partial charge in [-0.2, -0.15) is 0 Å². The molecular formula is C13H22N2O4. The van der Waals surface area contributed by atoms with Gasteiger partial charge in [0, 0.05) is 18.6 Å². The molecule has 0 spiro atoms. The number of urea groups is 1. The van der Waals surface area contributed by atoms with Gasteiger partial charge in [-0.05, 0) is 33.1 Å². The van der Waals surface area contributed by atoms with Crippen molar-refractivity contribution in [1.82, 2.24) is 9.80 Å². The third-order valence-corrected chi connectivity index (χ3v) is 4.03. The fourth-order valence-corrected chi connectivity index (χ4v) is 2.93. The Kier molecular flexibility index (Phi) is 4.29. The fraction of sp³-hybridized carbons (Fsp3) is 0.846. The van der Waals surface area contributed by atoms with Crippen LogP contribution in [0.15, 0.2) is 0 Å². The number of hydrogen-bond acceptors (Lipinski definition) is 3. The van der Waals surface area contributed by atoms with Crippen molar-refractivity contribution in [2.45, 2.75) is 51.3 Å². The molecule has 2 fully saturated rings. The second kappa shape index (κ2) is 5.77. The first-order valence-corrected chi connectivity index (χ1v) is 6.92. The fourth-order valence-electron chi connectivity index (χ4n) is 2.93. The number of carboxylic acid groups (broad SMARTS) is 1. The SMILES string of the molecule is CC1CCCC(C)N1C(=O)N1CCOC(C(=O)O)C1. The van der Waals surface area contributed by atoms with Gasteiger partial charge in [0.05, 0.1) is 13.2 Å². The molecule has 0 aromatic heterocycles. The molecule has 6 nitrogen and oxygen atoms in total. The molecule has 0 aromatic rings. The highest BCUT2D eigenvalue weighted by Gasteiger charge is 2.35. The molecule has 2 saturated heterocycles. The van der Waals surface area contributed by atoms with E-state index in [0.29, 0.717) is 13.2 Å². The summed E-state index contributed by atoms with van der Waals surface area (Å²) < 4.78 is 5.15. The van der Waals surface area contributed by atoms with Crippen LogP contribution in [0.5, 0.6) is 0 Å². The Bertz CT molecular complexity index is 351. The monoisotopic (exact) mass is 270 g/mol. The van der Waals surface area contributed by atoms with Crippen LogP contribution in [0.2, 0.25) is 0 Å². The summed E-state index contributed by atoms with van der Waals surface area (Å²) in [6, 6.07) is 0.402. The average Bonchev–Trinajstić information content (AvgIpc) is 2.38. The molecule has 3 atom stereocenters. The zero-order chi connectivity index (χ0) is 14.0. The lowest BCUT2D eigenvalue weighted by atomic mass is 9.98. The van der Waals surface area contributed by atoms with Crippen molar-refractivity contribution in [1.29, 1.82) is 0 Å². The summed E-state index contributed by atoms with van der Waals surface area (Å²) in [6.07, 6.45) is 2.28. The number of carboxylic acids is 1. The highest BCUT2D eigenvalue weighted by Crippen LogP contribution is 2.24. The molecule has 0 aliphatic carbocycles. The Morgan fingerprint density at radius 3 is 2.42 bits per heavy atom. The molecule has 108 valence electrons. The van der Waals surface area contributed by atoms with Crippen molar-refractivity contribution >= 4 is 12.0 Å². The van der Waals surface area contributed by atoms with E-state index in [2.05, 4.69) is 13.8 Å². The number of morpholine rings is 1. The number of likely N-dealkylation sites (tertiary alicyclic amines) is 1. The Hall–Kier alpha value is -1.30. The predicted octanol–water partition coefficient (Wildman–Crippen LogP) is 1.15. The van der Waals surface area contributed by atoms with Crippen LogP contribution in [0.4, 0.5) is 4.79 Å². The number of rotatable bonds is 1. The second-order valence-corrected chi connectivity index (χ2v) is 5.46. The van der Waals surface area contributed by atoms with E-state index in [1.807, 2.05) is 4.90 Å². The van der Waals surface area contributed by atoms with Crippen LogP contribution in [-0.2, 0) is 9.53 Å². The Morgan fingerprint density at radius 2 is 1.84 bits per heavy atom. The molecule has 2 amide bonds. The molecule has 0 radical (unpaired) electrons. The molecule has 0 bridgehead atoms. The molecule has 6 heteroatoms. The lowest BCUT2D eigenvalue weighted by molar-refractivity contribution is -0.154. The van der Waals surface area contributed by atoms with E-state index in [-0.39, 0.29) is 24.7 Å². The zero-order valence-electron chi connectivity index (χ0n) is 11.5. The first-order valence-electron chi connectivity index (χ1n) is 6.92. The first-order chi connectivity index (χ1) is 9.00. The molecule has 2 aliphatic heterocycles. The van der Waals surface area contributed by atoms with E-state index in [0.717, 1.165) is 19.3 Å². The molecule has 3 unspecified atom stereocenters. The largest absolute Gasteiger partial charge is 0.479 e. The van der Waals surface area contributed by atoms with E-state index in [1.165, 1.54) is 0 Å². The zero-order valence-corrected chi connectivity index (χ0v) is 11.5. The quantitative estimate of drug-likeness (QED) is 0.776. The third kappa shape index (κ3) is 3.00. The van der Waals surface area contributed by atoms with Crippen molar-refractivity contribution in [3.8, 4) is 0 Å². The predicted molar refractivity (Wildman–Crippen MR) is 69.0 cm³/mol. The van der Waals surface area contributed by atoms with Gasteiger partial charge in [-0.1, -0.05) is 0 Å². The summed E-state index contributed by atoms with van der Waals surface area (Å²) in [5.74, 6) is -1.00. The number of nitrogens with zero attached hydrogens (tertiary/aromatic N) is 2. The minimum atomic E-state index is -1.00. The maximum Gasteiger partial charge on any atom is 0.334 e. The molecule has 1 N–H and O–H groups in total. The summed E-state index contributed by atoms with van der Waals surface area (Å²) in [5.41, 5.74) is 0. The van der Waals surface area contributed by atoms with Crippen molar-refractivity contribution in [3.63, 3.8) is 0 Å². The second-order valence-electron chi connectivity index (χ2n) is 5.46. The minimum absolute atomic E-state index is 0.0470. The Morgan fingerprint density at radius 1 is 1.21 bits per heavy atom. The maximum atomic E-state index is 12.5. The topological polar surface area (TPSA) is 70.1 Å². The first kappa shape index (κ1) is 14.1. The Balaban J connectivity index is 2.03. The highest BCUT2D eigenvalue weighted by atomic mass is 16.5. The van der Waals surface area contributed by atoms with E-state index >= 15 is 0 Å². The van der Waals surface area contributed by atoms with Gasteiger partial charge in [-0.25, -0.2) is 9.59 Å². The van der Waals surface area contributed by atoms with Crippen LogP contribution in [0.3, 0.4) is 0 Å². The molecular weight excluding hydrogens is 248 g/mol. The van der Waals surface area contributed by atoms with Crippen molar-refractivity contribution in [2.24, 2.45) is 0 Å². The standard InChI is InChI=1S/C13H22N2O4/c1-9-4-3-5-10(2)15(9)13(18)14-6-7-19-11(8-14)12(16)17/h9-11H,3-8H2,1-2H3,(H,16,17). The van der Waals surface area contributed by atoms with Crippen LogP contribution in [0, 0.1) is 0 Å². The van der Waals surface area contributed by atoms with Gasteiger partial charge in [0.15, 0.2) is 6.10 Å². The van der Waals surface area contributed by atoms with Crippen LogP contribution in [-0.4, -0.2) is 64.8 Å². The minimum Gasteiger partial charge on any atom is -0.479 e. The van der Waals surface area contributed by atoms with Gasteiger partial charge >= 0.3 is 12.0 Å². The van der Waals surface area contributed by atoms with Crippen LogP contribution >= 0.6 is 0 Å². The number of hydrogen-bond donors (Lipinski definition) is 1. The van der Waals surface area contributed by atoms with E-state index in [4.69, 9.17) is 9.84 Å². The number of carbonyl (C=O) groups excluding carboxylic acids is 1. The summed E-state index contributed by atoms with van der Waals surface area (Å²) in [7, 11) is 0. The number of carbonyl (C=O) groups is 2. The summed E-state index contributed by atoms with van der Waals surface area (Å²) in [4.78, 5) is 27.0. The maximum absolute atomic E-state index is 12.5. The smallest absolute Gasteiger partial charge is 0.334 e. The summed E-state index contributed by atoms with van der Waals surface area (Å²) in [5, 5.41) is 8.98. The average molecular weight is 270 g/mol. The molecule has 0 saturated carbocycles. The Labute approximate surface area is 113 Å². The third-order valence-electron chi connectivity index (χ3n) is 4.03. The normalized spacial score (nSPS) is 32.2. The van der Waals surface area contributed by atoms with Crippen molar-refractivity contribution in [2.75, 3.05) is 19.7 Å². The van der Waals surface area contributed by atoms with E-state index in [1.54, 1.807) is 4.90 Å². The van der Waals surface area contributed by atoms with Gasteiger partial charge in [-0.15, -0.1) is 0 Å². The molecule has 0 aromatic carbocycles. The van der Waals surface area contributed by atoms with Gasteiger partial charge in [0.2, 0.25) is 0 Å². The van der Waals surface area contributed by atoms with Crippen molar-refractivity contribution < 1.29 is 19.4 Å². The number of piperidine rings is 1. The lowest BCUT2D eigenvalue weighted by Gasteiger charge is -2.43. The lowest BCUT2D eigenvalue weighted by Crippen LogP contribution is -2.57. The molecule has 19 heavy (non-hydrogen) atoms. The van der Waals surface area contributed by atoms with E-state index < -0.39 is 12.1 Å². The summed E-state index contributed by atoms with van der Waals surface area (Å²) >= 11 is 0. The van der Waals surface area contributed by atoms with Gasteiger partial charge in [0.1, 0.15) is 0 Å². The number of amides is 2. The van der Waals surface area contributed by atoms with E-state index in [9.17, 15) is 9.59 Å². The molecule has 2 rings (SSSR count). The van der Waals surface area contributed by atoms with Gasteiger partial charge in [0.25, 0.3) is 0 Å².